The highest BCUT2D eigenvalue weighted by molar-refractivity contribution is 7.15. The number of pyridine rings is 1. The minimum Gasteiger partial charge on any atom is -0.332 e. The minimum atomic E-state index is -0.137. The molecule has 0 aromatic carbocycles. The monoisotopic (exact) mass is 302 g/mol. The van der Waals surface area contributed by atoms with E-state index in [0.717, 1.165) is 10.6 Å². The van der Waals surface area contributed by atoms with E-state index in [-0.39, 0.29) is 11.8 Å². The summed E-state index contributed by atoms with van der Waals surface area (Å²) in [7, 11) is 0. The van der Waals surface area contributed by atoms with Crippen LogP contribution in [0.3, 0.4) is 0 Å². The van der Waals surface area contributed by atoms with Crippen molar-refractivity contribution in [3.05, 3.63) is 40.7 Å². The summed E-state index contributed by atoms with van der Waals surface area (Å²) >= 11 is 1.42. The summed E-state index contributed by atoms with van der Waals surface area (Å²) < 4.78 is 0. The van der Waals surface area contributed by atoms with Crippen LogP contribution in [0, 0.1) is 0 Å². The number of carbonyl (C=O) groups is 2. The van der Waals surface area contributed by atoms with E-state index in [9.17, 15) is 9.59 Å². The molecule has 108 valence electrons. The van der Waals surface area contributed by atoms with E-state index in [1.165, 1.54) is 18.3 Å². The van der Waals surface area contributed by atoms with Gasteiger partial charge in [-0.15, -0.1) is 0 Å². The van der Waals surface area contributed by atoms with Crippen LogP contribution in [0.25, 0.3) is 0 Å². The van der Waals surface area contributed by atoms with Crippen LogP contribution in [0.4, 0.5) is 5.13 Å². The molecular formula is C14H14N4O2S. The molecular weight excluding hydrogens is 288 g/mol. The number of anilines is 1. The minimum absolute atomic E-state index is 0.0734. The normalized spacial score (nSPS) is 13.7. The van der Waals surface area contributed by atoms with Gasteiger partial charge in [-0.2, -0.15) is 0 Å². The molecule has 6 nitrogen and oxygen atoms in total. The van der Waals surface area contributed by atoms with Gasteiger partial charge < -0.3 is 10.2 Å². The summed E-state index contributed by atoms with van der Waals surface area (Å²) in [5.74, 6) is -0.210. The van der Waals surface area contributed by atoms with E-state index in [1.807, 2.05) is 0 Å². The summed E-state index contributed by atoms with van der Waals surface area (Å²) in [6, 6.07) is 5.30. The van der Waals surface area contributed by atoms with Crippen molar-refractivity contribution in [2.75, 3.05) is 11.9 Å². The largest absolute Gasteiger partial charge is 0.332 e. The molecule has 3 heterocycles. The van der Waals surface area contributed by atoms with Gasteiger partial charge in [0.05, 0.1) is 12.2 Å². The van der Waals surface area contributed by atoms with E-state index in [0.29, 0.717) is 30.3 Å². The second-order valence-electron chi connectivity index (χ2n) is 4.76. The van der Waals surface area contributed by atoms with Crippen molar-refractivity contribution in [1.82, 2.24) is 14.9 Å². The molecule has 3 rings (SSSR count). The molecule has 0 radical (unpaired) electrons. The number of nitrogens with one attached hydrogen (secondary N) is 1. The molecule has 2 aromatic rings. The predicted molar refractivity (Wildman–Crippen MR) is 79.1 cm³/mol. The van der Waals surface area contributed by atoms with Crippen molar-refractivity contribution in [1.29, 1.82) is 0 Å². The Morgan fingerprint density at radius 3 is 2.95 bits per heavy atom. The third-order valence-electron chi connectivity index (χ3n) is 3.19. The van der Waals surface area contributed by atoms with Crippen LogP contribution < -0.4 is 5.32 Å². The molecule has 1 N–H and O–H groups in total. The summed E-state index contributed by atoms with van der Waals surface area (Å²) in [4.78, 5) is 34.7. The van der Waals surface area contributed by atoms with Crippen LogP contribution >= 0.6 is 11.3 Å². The van der Waals surface area contributed by atoms with Crippen molar-refractivity contribution in [2.45, 2.75) is 19.9 Å². The number of hydrogen-bond donors (Lipinski definition) is 1. The molecule has 0 fully saturated rings. The van der Waals surface area contributed by atoms with Crippen LogP contribution in [0.15, 0.2) is 24.4 Å². The first kappa shape index (κ1) is 13.7. The Bertz CT molecular complexity index is 684. The number of carbonyl (C=O) groups excluding carboxylic acids is 2. The molecule has 0 unspecified atom stereocenters. The number of nitrogens with zero attached hydrogens (tertiary/aromatic N) is 3. The number of aromatic nitrogens is 2. The van der Waals surface area contributed by atoms with E-state index in [2.05, 4.69) is 15.3 Å². The molecule has 0 spiro atoms. The quantitative estimate of drug-likeness (QED) is 0.916. The molecule has 0 saturated carbocycles. The van der Waals surface area contributed by atoms with Crippen molar-refractivity contribution in [2.24, 2.45) is 0 Å². The molecule has 2 amide bonds. The van der Waals surface area contributed by atoms with Gasteiger partial charge in [0.15, 0.2) is 5.13 Å². The first-order valence-electron chi connectivity index (χ1n) is 6.60. The van der Waals surface area contributed by atoms with E-state index in [4.69, 9.17) is 0 Å². The molecule has 7 heteroatoms. The highest BCUT2D eigenvalue weighted by Crippen LogP contribution is 2.28. The lowest BCUT2D eigenvalue weighted by molar-refractivity contribution is -0.114. The second-order valence-corrected chi connectivity index (χ2v) is 5.85. The fourth-order valence-electron chi connectivity index (χ4n) is 2.22. The summed E-state index contributed by atoms with van der Waals surface area (Å²) in [6.45, 7) is 2.59. The standard InChI is InChI=1S/C14H14N4O2S/c1-9(19)16-14-17-10-5-7-18(8-12(10)21-14)13(20)11-4-2-3-6-15-11/h2-4,6H,5,7-8H2,1H3,(H,16,17,19). The number of thiazole rings is 1. The highest BCUT2D eigenvalue weighted by atomic mass is 32.1. The Hall–Kier alpha value is -2.28. The molecule has 0 saturated heterocycles. The fraction of sp³-hybridized carbons (Fsp3) is 0.286. The Labute approximate surface area is 125 Å². The Morgan fingerprint density at radius 2 is 2.24 bits per heavy atom. The smallest absolute Gasteiger partial charge is 0.272 e. The van der Waals surface area contributed by atoms with Gasteiger partial charge in [-0.1, -0.05) is 17.4 Å². The summed E-state index contributed by atoms with van der Waals surface area (Å²) in [6.07, 6.45) is 2.31. The zero-order valence-corrected chi connectivity index (χ0v) is 12.3. The predicted octanol–water partition coefficient (Wildman–Crippen LogP) is 1.69. The number of fused-ring (bicyclic) bond motifs is 1. The maximum Gasteiger partial charge on any atom is 0.272 e. The average Bonchev–Trinajstić information content (AvgIpc) is 2.87. The lowest BCUT2D eigenvalue weighted by Gasteiger charge is -2.25. The Kier molecular flexibility index (Phi) is 3.66. The summed E-state index contributed by atoms with van der Waals surface area (Å²) in [5, 5.41) is 3.29. The Morgan fingerprint density at radius 1 is 1.38 bits per heavy atom. The van der Waals surface area contributed by atoms with E-state index >= 15 is 0 Å². The molecule has 0 atom stereocenters. The van der Waals surface area contributed by atoms with Gasteiger partial charge in [0.1, 0.15) is 5.69 Å². The maximum atomic E-state index is 12.4. The van der Waals surface area contributed by atoms with Gasteiger partial charge in [-0.3, -0.25) is 14.6 Å². The zero-order chi connectivity index (χ0) is 14.8. The van der Waals surface area contributed by atoms with Crippen LogP contribution in [-0.2, 0) is 17.8 Å². The summed E-state index contributed by atoms with van der Waals surface area (Å²) in [5.41, 5.74) is 1.42. The van der Waals surface area contributed by atoms with Gasteiger partial charge in [0.2, 0.25) is 5.91 Å². The van der Waals surface area contributed by atoms with Gasteiger partial charge in [-0.25, -0.2) is 4.98 Å². The number of rotatable bonds is 2. The van der Waals surface area contributed by atoms with E-state index < -0.39 is 0 Å². The van der Waals surface area contributed by atoms with Crippen LogP contribution in [0.1, 0.15) is 28.0 Å². The van der Waals surface area contributed by atoms with Crippen molar-refractivity contribution < 1.29 is 9.59 Å². The molecule has 0 aliphatic carbocycles. The molecule has 1 aliphatic heterocycles. The molecule has 1 aliphatic rings. The maximum absolute atomic E-state index is 12.4. The van der Waals surface area contributed by atoms with Gasteiger partial charge in [0, 0.05) is 31.0 Å². The lowest BCUT2D eigenvalue weighted by atomic mass is 10.1. The molecule has 0 bridgehead atoms. The van der Waals surface area contributed by atoms with Crippen molar-refractivity contribution >= 4 is 28.3 Å². The van der Waals surface area contributed by atoms with Crippen LogP contribution in [0.5, 0.6) is 0 Å². The first-order chi connectivity index (χ1) is 10.1. The van der Waals surface area contributed by atoms with E-state index in [1.54, 1.807) is 29.3 Å². The third kappa shape index (κ3) is 2.92. The van der Waals surface area contributed by atoms with Crippen LogP contribution in [-0.4, -0.2) is 33.2 Å². The number of amides is 2. The molecule has 2 aromatic heterocycles. The third-order valence-corrected chi connectivity index (χ3v) is 4.18. The van der Waals surface area contributed by atoms with Gasteiger partial charge in [-0.05, 0) is 12.1 Å². The first-order valence-corrected chi connectivity index (χ1v) is 7.41. The highest BCUT2D eigenvalue weighted by Gasteiger charge is 2.25. The van der Waals surface area contributed by atoms with Gasteiger partial charge >= 0.3 is 0 Å². The topological polar surface area (TPSA) is 75.2 Å². The zero-order valence-electron chi connectivity index (χ0n) is 11.5. The average molecular weight is 302 g/mol. The SMILES string of the molecule is CC(=O)Nc1nc2c(s1)CN(C(=O)c1ccccn1)CC2. The number of hydrogen-bond acceptors (Lipinski definition) is 5. The molecule has 21 heavy (non-hydrogen) atoms. The lowest BCUT2D eigenvalue weighted by Crippen LogP contribution is -2.35. The van der Waals surface area contributed by atoms with Gasteiger partial charge in [0.25, 0.3) is 5.91 Å². The Balaban J connectivity index is 1.76. The van der Waals surface area contributed by atoms with Crippen molar-refractivity contribution in [3.8, 4) is 0 Å². The second kappa shape index (κ2) is 5.61. The van der Waals surface area contributed by atoms with Crippen molar-refractivity contribution in [3.63, 3.8) is 0 Å². The van der Waals surface area contributed by atoms with Crippen LogP contribution in [0.2, 0.25) is 0 Å². The fourth-order valence-corrected chi connectivity index (χ4v) is 3.29.